The zero-order chi connectivity index (χ0) is 16.2. The van der Waals surface area contributed by atoms with Crippen LogP contribution in [-0.4, -0.2) is 43.0 Å². The highest BCUT2D eigenvalue weighted by molar-refractivity contribution is 6.18. The van der Waals surface area contributed by atoms with Gasteiger partial charge in [-0.1, -0.05) is 6.07 Å². The van der Waals surface area contributed by atoms with Gasteiger partial charge in [0.2, 0.25) is 0 Å². The van der Waals surface area contributed by atoms with Crippen molar-refractivity contribution in [2.45, 2.75) is 24.8 Å². The monoisotopic (exact) mass is 344 g/mol. The number of aliphatic carboxylic acids is 1. The van der Waals surface area contributed by atoms with Crippen LogP contribution in [0, 0.1) is 0 Å². The molecule has 6 heteroatoms. The highest BCUT2D eigenvalue weighted by Crippen LogP contribution is 2.37. The van der Waals surface area contributed by atoms with Crippen LogP contribution in [0.5, 0.6) is 0 Å². The molecule has 0 bridgehead atoms. The van der Waals surface area contributed by atoms with Gasteiger partial charge in [-0.2, -0.15) is 0 Å². The van der Waals surface area contributed by atoms with E-state index >= 15 is 0 Å². The fourth-order valence-corrected chi connectivity index (χ4v) is 3.63. The van der Waals surface area contributed by atoms with E-state index in [2.05, 4.69) is 10.2 Å². The Bertz CT molecular complexity index is 533. The van der Waals surface area contributed by atoms with Crippen molar-refractivity contribution in [3.05, 3.63) is 29.3 Å². The number of anilines is 1. The molecule has 0 saturated heterocycles. The first kappa shape index (κ1) is 17.4. The first-order chi connectivity index (χ1) is 10.6. The Morgan fingerprint density at radius 3 is 2.59 bits per heavy atom. The second-order valence-corrected chi connectivity index (χ2v) is 6.28. The number of alkyl halides is 2. The molecule has 2 N–H and O–H groups in total. The summed E-state index contributed by atoms with van der Waals surface area (Å²) < 4.78 is 0. The number of aryl methyl sites for hydroxylation is 1. The van der Waals surface area contributed by atoms with Crippen LogP contribution < -0.4 is 10.2 Å². The molecule has 1 aromatic carbocycles. The number of fused-ring (bicyclic) bond motifs is 1. The van der Waals surface area contributed by atoms with Crippen LogP contribution in [-0.2, 0) is 16.8 Å². The number of hydrogen-bond acceptors (Lipinski definition) is 3. The number of halogens is 2. The molecule has 122 valence electrons. The summed E-state index contributed by atoms with van der Waals surface area (Å²) in [5.74, 6) is 0.183. The number of nitrogens with one attached hydrogen (secondary N) is 1. The number of benzene rings is 1. The maximum atomic E-state index is 11.9. The fourth-order valence-electron chi connectivity index (χ4n) is 3.22. The van der Waals surface area contributed by atoms with Crippen LogP contribution in [0.25, 0.3) is 0 Å². The Balaban J connectivity index is 2.47. The molecule has 0 fully saturated rings. The molecule has 1 atom stereocenters. The van der Waals surface area contributed by atoms with Crippen molar-refractivity contribution >= 4 is 34.9 Å². The van der Waals surface area contributed by atoms with Crippen molar-refractivity contribution in [1.29, 1.82) is 0 Å². The van der Waals surface area contributed by atoms with E-state index in [9.17, 15) is 9.90 Å². The fraction of sp³-hybridized carbons (Fsp3) is 0.562. The molecule has 0 aliphatic heterocycles. The van der Waals surface area contributed by atoms with E-state index in [4.69, 9.17) is 23.2 Å². The zero-order valence-electron chi connectivity index (χ0n) is 12.7. The van der Waals surface area contributed by atoms with Crippen LogP contribution in [0.4, 0.5) is 5.69 Å². The molecule has 0 aromatic heterocycles. The summed E-state index contributed by atoms with van der Waals surface area (Å²) in [6.07, 6.45) is 2.38. The van der Waals surface area contributed by atoms with E-state index < -0.39 is 11.5 Å². The standard InChI is InChI=1S/C16H22Cl2N2O2/c1-19-16(15(21)22)6-2-3-12-4-5-13(11-14(12)16)20(9-7-17)10-8-18/h4-5,11,19H,2-3,6-10H2,1H3,(H,21,22). The lowest BCUT2D eigenvalue weighted by Gasteiger charge is -2.36. The van der Waals surface area contributed by atoms with E-state index in [-0.39, 0.29) is 0 Å². The number of likely N-dealkylation sites (N-methyl/N-ethyl adjacent to an activating group) is 1. The predicted molar refractivity (Wildman–Crippen MR) is 91.4 cm³/mol. The minimum atomic E-state index is -1.00. The molecular weight excluding hydrogens is 323 g/mol. The average Bonchev–Trinajstić information content (AvgIpc) is 2.53. The third-order valence-electron chi connectivity index (χ3n) is 4.42. The molecule has 0 heterocycles. The van der Waals surface area contributed by atoms with Crippen LogP contribution in [0.2, 0.25) is 0 Å². The van der Waals surface area contributed by atoms with Crippen LogP contribution in [0.1, 0.15) is 24.0 Å². The summed E-state index contributed by atoms with van der Waals surface area (Å²) in [5, 5.41) is 12.8. The van der Waals surface area contributed by atoms with Gasteiger partial charge in [0, 0.05) is 30.5 Å². The number of carboxylic acids is 1. The maximum absolute atomic E-state index is 11.9. The Labute approximate surface area is 141 Å². The SMILES string of the molecule is CNC1(C(=O)O)CCCc2ccc(N(CCCl)CCCl)cc21. The molecule has 1 unspecified atom stereocenters. The predicted octanol–water partition coefficient (Wildman–Crippen LogP) is 2.81. The number of rotatable bonds is 7. The van der Waals surface area contributed by atoms with E-state index in [0.717, 1.165) is 29.7 Å². The molecule has 0 amide bonds. The lowest BCUT2D eigenvalue weighted by atomic mass is 9.76. The van der Waals surface area contributed by atoms with Gasteiger partial charge in [-0.3, -0.25) is 0 Å². The first-order valence-electron chi connectivity index (χ1n) is 7.51. The first-order valence-corrected chi connectivity index (χ1v) is 8.58. The molecule has 0 spiro atoms. The Morgan fingerprint density at radius 1 is 1.36 bits per heavy atom. The van der Waals surface area contributed by atoms with Gasteiger partial charge in [0.25, 0.3) is 0 Å². The van der Waals surface area contributed by atoms with E-state index in [1.807, 2.05) is 18.2 Å². The van der Waals surface area contributed by atoms with E-state index in [1.165, 1.54) is 0 Å². The average molecular weight is 345 g/mol. The smallest absolute Gasteiger partial charge is 0.328 e. The van der Waals surface area contributed by atoms with Crippen molar-refractivity contribution in [3.8, 4) is 0 Å². The highest BCUT2D eigenvalue weighted by atomic mass is 35.5. The Hall–Kier alpha value is -0.970. The molecule has 0 saturated carbocycles. The van der Waals surface area contributed by atoms with Gasteiger partial charge in [-0.25, -0.2) is 4.79 Å². The lowest BCUT2D eigenvalue weighted by molar-refractivity contribution is -0.145. The third-order valence-corrected chi connectivity index (χ3v) is 4.76. The van der Waals surface area contributed by atoms with Crippen molar-refractivity contribution in [2.75, 3.05) is 36.8 Å². The van der Waals surface area contributed by atoms with Crippen LogP contribution >= 0.6 is 23.2 Å². The quantitative estimate of drug-likeness (QED) is 0.746. The van der Waals surface area contributed by atoms with Gasteiger partial charge in [0.15, 0.2) is 0 Å². The summed E-state index contributed by atoms with van der Waals surface area (Å²) >= 11 is 11.7. The molecule has 0 radical (unpaired) electrons. The summed E-state index contributed by atoms with van der Waals surface area (Å²) in [4.78, 5) is 14.0. The van der Waals surface area contributed by atoms with Gasteiger partial charge < -0.3 is 15.3 Å². The molecule has 1 aliphatic carbocycles. The van der Waals surface area contributed by atoms with Gasteiger partial charge in [0.1, 0.15) is 5.54 Å². The molecule has 22 heavy (non-hydrogen) atoms. The van der Waals surface area contributed by atoms with Crippen molar-refractivity contribution in [2.24, 2.45) is 0 Å². The van der Waals surface area contributed by atoms with Gasteiger partial charge in [0.05, 0.1) is 0 Å². The minimum absolute atomic E-state index is 0.504. The summed E-state index contributed by atoms with van der Waals surface area (Å²) in [6, 6.07) is 6.05. The number of carboxylic acid groups (broad SMARTS) is 1. The zero-order valence-corrected chi connectivity index (χ0v) is 14.3. The minimum Gasteiger partial charge on any atom is -0.480 e. The van der Waals surface area contributed by atoms with Crippen LogP contribution in [0.3, 0.4) is 0 Å². The Morgan fingerprint density at radius 2 is 2.05 bits per heavy atom. The van der Waals surface area contributed by atoms with Crippen LogP contribution in [0.15, 0.2) is 18.2 Å². The molecule has 2 rings (SSSR count). The van der Waals surface area contributed by atoms with Gasteiger partial charge in [-0.05, 0) is 49.6 Å². The van der Waals surface area contributed by atoms with E-state index in [1.54, 1.807) is 7.05 Å². The largest absolute Gasteiger partial charge is 0.480 e. The summed E-state index contributed by atoms with van der Waals surface area (Å²) in [5.41, 5.74) is 1.93. The van der Waals surface area contributed by atoms with Crippen molar-refractivity contribution < 1.29 is 9.90 Å². The lowest BCUT2D eigenvalue weighted by Crippen LogP contribution is -2.49. The highest BCUT2D eigenvalue weighted by Gasteiger charge is 2.42. The molecule has 1 aromatic rings. The normalized spacial score (nSPS) is 20.5. The second kappa shape index (κ2) is 7.53. The number of nitrogens with zero attached hydrogens (tertiary/aromatic N) is 1. The molecular formula is C16H22Cl2N2O2. The third kappa shape index (κ3) is 3.19. The van der Waals surface area contributed by atoms with Crippen molar-refractivity contribution in [1.82, 2.24) is 5.32 Å². The number of hydrogen-bond donors (Lipinski definition) is 2. The van der Waals surface area contributed by atoms with Gasteiger partial charge in [-0.15, -0.1) is 23.2 Å². The molecule has 1 aliphatic rings. The Kier molecular flexibility index (Phi) is 5.95. The molecule has 4 nitrogen and oxygen atoms in total. The maximum Gasteiger partial charge on any atom is 0.328 e. The van der Waals surface area contributed by atoms with Crippen molar-refractivity contribution in [3.63, 3.8) is 0 Å². The number of carbonyl (C=O) groups is 1. The summed E-state index contributed by atoms with van der Waals surface area (Å²) in [7, 11) is 1.71. The topological polar surface area (TPSA) is 52.6 Å². The van der Waals surface area contributed by atoms with Gasteiger partial charge >= 0.3 is 5.97 Å². The summed E-state index contributed by atoms with van der Waals surface area (Å²) in [6.45, 7) is 1.37. The second-order valence-electron chi connectivity index (χ2n) is 5.52. The van der Waals surface area contributed by atoms with E-state index in [0.29, 0.717) is 31.3 Å².